The monoisotopic (exact) mass is 1200 g/mol. The van der Waals surface area contributed by atoms with Crippen LogP contribution in [0.3, 0.4) is 0 Å². The zero-order valence-corrected chi connectivity index (χ0v) is 33.6. The number of hydrogen-bond acceptors (Lipinski definition) is 12. The molecule has 4 unspecified atom stereocenters. The fraction of sp³-hybridized carbons (Fsp3) is 0.724. The van der Waals surface area contributed by atoms with Gasteiger partial charge in [0, 0.05) is 12.2 Å². The highest BCUT2D eigenvalue weighted by Gasteiger charge is 2.88. The molecule has 0 aromatic heterocycles. The van der Waals surface area contributed by atoms with Crippen LogP contribution >= 0.6 is 0 Å². The molecule has 0 saturated carbocycles. The van der Waals surface area contributed by atoms with E-state index in [0.717, 1.165) is 0 Å². The number of hydrogen-bond donors (Lipinski definition) is 0. The Balaban J connectivity index is 7.95. The Morgan fingerprint density at radius 2 is 0.533 bits per heavy atom. The van der Waals surface area contributed by atoms with Gasteiger partial charge in [-0.15, -0.1) is 0 Å². The summed E-state index contributed by atoms with van der Waals surface area (Å²) in [5.74, 6) is -63.8. The highest BCUT2D eigenvalue weighted by atomic mass is 19.5. The van der Waals surface area contributed by atoms with Crippen LogP contribution in [-0.4, -0.2) is 147 Å². The second kappa shape index (κ2) is 21.0. The second-order valence-corrected chi connectivity index (χ2v) is 13.3. The van der Waals surface area contributed by atoms with E-state index in [2.05, 4.69) is 32.1 Å². The van der Waals surface area contributed by atoms with E-state index in [1.165, 1.54) is 9.47 Å². The first-order valence-corrected chi connectivity index (χ1v) is 16.7. The van der Waals surface area contributed by atoms with Gasteiger partial charge in [0.2, 0.25) is 0 Å². The molecule has 0 radical (unpaired) electrons. The third-order valence-electron chi connectivity index (χ3n) is 7.64. The Morgan fingerprint density at radius 1 is 0.307 bits per heavy atom. The van der Waals surface area contributed by atoms with Gasteiger partial charge < -0.3 is 18.9 Å². The number of ether oxygens (including phenoxy) is 8. The molecule has 0 amide bonds. The molecule has 0 heterocycles. The van der Waals surface area contributed by atoms with Crippen molar-refractivity contribution in [3.63, 3.8) is 0 Å². The summed E-state index contributed by atoms with van der Waals surface area (Å²) in [6.45, 7) is -6.39. The van der Waals surface area contributed by atoms with Gasteiger partial charge in [-0.2, -0.15) is 149 Å². The van der Waals surface area contributed by atoms with Crippen LogP contribution in [0.5, 0.6) is 0 Å². The molecule has 0 aliphatic carbocycles. The van der Waals surface area contributed by atoms with E-state index in [1.807, 2.05) is 0 Å². The molecule has 440 valence electrons. The van der Waals surface area contributed by atoms with Crippen LogP contribution < -0.4 is 0 Å². The maximum absolute atomic E-state index is 15.2. The van der Waals surface area contributed by atoms with Gasteiger partial charge in [0.15, 0.2) is 0 Å². The molecule has 0 rings (SSSR count). The minimum Gasteiger partial charge on any atom is -0.462 e. The van der Waals surface area contributed by atoms with Crippen LogP contribution in [0.25, 0.3) is 0 Å². The maximum atomic E-state index is 15.2. The lowest BCUT2D eigenvalue weighted by molar-refractivity contribution is -0.548. The standard InChI is InChI=1S/C29H14F34O12/c1-3-9(64)68-5-13(6-69-10(65)4-2,7-70-11(66)14(30,20(38,39)40)72-28(60,61)18(36,24(50,51)52)74-26(56,57)16(32,33)22(44,45)46)8-71-12(67)15(31,21(41,42)43)73-29(62,63)19(37,25(53,54)55)75-27(58,59)17(34,35)23(47,48)49/h3-4H,1-2,5-8H2. The lowest BCUT2D eigenvalue weighted by Gasteiger charge is -2.40. The molecule has 0 aliphatic rings. The smallest absolute Gasteiger partial charge is 0.462 e. The van der Waals surface area contributed by atoms with E-state index in [-0.39, 0.29) is 12.2 Å². The predicted molar refractivity (Wildman–Crippen MR) is 152 cm³/mol. The molecular formula is C29H14F34O12. The fourth-order valence-corrected chi connectivity index (χ4v) is 3.73. The summed E-state index contributed by atoms with van der Waals surface area (Å²) in [5.41, 5.74) is -4.21. The zero-order valence-electron chi connectivity index (χ0n) is 33.6. The molecule has 0 fully saturated rings. The highest BCUT2D eigenvalue weighted by molar-refractivity contribution is 5.82. The van der Waals surface area contributed by atoms with Gasteiger partial charge >= 0.3 is 121 Å². The molecule has 0 aliphatic heterocycles. The minimum atomic E-state index is -8.71. The summed E-state index contributed by atoms with van der Waals surface area (Å²) in [6.07, 6.45) is -83.8. The number of esters is 4. The molecule has 0 aromatic carbocycles. The largest absolute Gasteiger partial charge is 0.462 e. The average Bonchev–Trinajstić information content (AvgIpc) is 3.18. The van der Waals surface area contributed by atoms with Crippen molar-refractivity contribution in [1.29, 1.82) is 0 Å². The highest BCUT2D eigenvalue weighted by Crippen LogP contribution is 2.59. The molecule has 75 heavy (non-hydrogen) atoms. The Hall–Kier alpha value is -5.18. The maximum Gasteiger partial charge on any atom is 0.462 e. The Morgan fingerprint density at radius 3 is 0.720 bits per heavy atom. The molecule has 0 aromatic rings. The van der Waals surface area contributed by atoms with Crippen molar-refractivity contribution in [3.8, 4) is 0 Å². The molecule has 0 saturated heterocycles. The van der Waals surface area contributed by atoms with Crippen LogP contribution in [0.1, 0.15) is 0 Å². The molecule has 46 heteroatoms. The Kier molecular flexibility index (Phi) is 19.5. The van der Waals surface area contributed by atoms with Gasteiger partial charge in [0.05, 0.1) is 0 Å². The zero-order chi connectivity index (χ0) is 60.7. The number of carbonyl (C=O) groups excluding carboxylic acids is 4. The van der Waals surface area contributed by atoms with Gasteiger partial charge in [-0.1, -0.05) is 13.2 Å². The van der Waals surface area contributed by atoms with Crippen molar-refractivity contribution in [3.05, 3.63) is 25.3 Å². The van der Waals surface area contributed by atoms with Crippen molar-refractivity contribution in [1.82, 2.24) is 0 Å². The van der Waals surface area contributed by atoms with Crippen molar-refractivity contribution in [2.45, 2.75) is 96.8 Å². The molecule has 4 atom stereocenters. The van der Waals surface area contributed by atoms with Crippen LogP contribution in [0.4, 0.5) is 149 Å². The number of rotatable bonds is 24. The van der Waals surface area contributed by atoms with Crippen molar-refractivity contribution >= 4 is 23.9 Å². The van der Waals surface area contributed by atoms with Gasteiger partial charge in [-0.05, 0) is 0 Å². The molecule has 12 nitrogen and oxygen atoms in total. The number of carbonyl (C=O) groups is 4. The summed E-state index contributed by atoms with van der Waals surface area (Å²) in [6, 6.07) is 0. The summed E-state index contributed by atoms with van der Waals surface area (Å²) < 4.78 is 482. The van der Waals surface area contributed by atoms with Crippen molar-refractivity contribution in [2.24, 2.45) is 5.41 Å². The second-order valence-electron chi connectivity index (χ2n) is 13.3. The summed E-state index contributed by atoms with van der Waals surface area (Å²) in [7, 11) is 0. The third-order valence-corrected chi connectivity index (χ3v) is 7.64. The SMILES string of the molecule is C=CC(=O)OCC(COC(=O)C=C)(COC(=O)C(F)(OC(F)(F)C(F)(OC(F)(F)C(F)(F)C(F)(F)F)C(F)(F)F)C(F)(F)F)COC(=O)C(F)(OC(F)(F)C(F)(OC(F)(F)C(F)(F)C(F)(F)F)C(F)(F)F)C(F)(F)F. The fourth-order valence-electron chi connectivity index (χ4n) is 3.73. The third kappa shape index (κ3) is 13.9. The summed E-state index contributed by atoms with van der Waals surface area (Å²) in [5, 5.41) is 0. The van der Waals surface area contributed by atoms with Gasteiger partial charge in [0.25, 0.3) is 0 Å². The van der Waals surface area contributed by atoms with E-state index >= 15 is 8.78 Å². The van der Waals surface area contributed by atoms with E-state index in [4.69, 9.17) is 0 Å². The first-order valence-electron chi connectivity index (χ1n) is 16.7. The average molecular weight is 1200 g/mol. The number of halogens is 34. The van der Waals surface area contributed by atoms with Gasteiger partial charge in [-0.25, -0.2) is 19.2 Å². The molecule has 0 N–H and O–H groups in total. The normalized spacial score (nSPS) is 17.8. The van der Waals surface area contributed by atoms with Crippen molar-refractivity contribution in [2.75, 3.05) is 26.4 Å². The van der Waals surface area contributed by atoms with E-state index < -0.39 is 152 Å². The minimum absolute atomic E-state index is 0.184. The first-order chi connectivity index (χ1) is 32.5. The van der Waals surface area contributed by atoms with Crippen LogP contribution in [0.15, 0.2) is 25.3 Å². The van der Waals surface area contributed by atoms with Crippen LogP contribution in [-0.2, 0) is 57.1 Å². The molecule has 0 spiro atoms. The topological polar surface area (TPSA) is 142 Å². The van der Waals surface area contributed by atoms with E-state index in [9.17, 15) is 160 Å². The Bertz CT molecular complexity index is 1930. The van der Waals surface area contributed by atoms with Gasteiger partial charge in [-0.3, -0.25) is 18.9 Å². The van der Waals surface area contributed by atoms with Gasteiger partial charge in [0.1, 0.15) is 31.8 Å². The molecule has 0 bridgehead atoms. The Labute approximate surface area is 385 Å². The van der Waals surface area contributed by atoms with E-state index in [0.29, 0.717) is 0 Å². The number of alkyl halides is 34. The van der Waals surface area contributed by atoms with Crippen LogP contribution in [0, 0.1) is 5.41 Å². The quantitative estimate of drug-likeness (QED) is 0.0393. The lowest BCUT2D eigenvalue weighted by atomic mass is 9.92. The lowest BCUT2D eigenvalue weighted by Crippen LogP contribution is -2.68. The van der Waals surface area contributed by atoms with Crippen LogP contribution in [0.2, 0.25) is 0 Å². The predicted octanol–water partition coefficient (Wildman–Crippen LogP) is 10.3. The first kappa shape index (κ1) is 69.8. The summed E-state index contributed by atoms with van der Waals surface area (Å²) in [4.78, 5) is 48.1. The van der Waals surface area contributed by atoms with Crippen molar-refractivity contribution < 1.29 is 206 Å². The van der Waals surface area contributed by atoms with E-state index in [1.54, 1.807) is 9.47 Å². The summed E-state index contributed by atoms with van der Waals surface area (Å²) >= 11 is 0. The molecular weight excluding hydrogens is 1190 g/mol.